The van der Waals surface area contributed by atoms with Crippen LogP contribution in [0, 0.1) is 21.4 Å². The Bertz CT molecular complexity index is 802. The van der Waals surface area contributed by atoms with Crippen LogP contribution < -0.4 is 11.5 Å². The van der Waals surface area contributed by atoms with Crippen LogP contribution in [-0.4, -0.2) is 14.9 Å². The standard InChI is InChI=1S/C11H6Cl2N6O2/c12-4-1-5(9(19(20)21)7(13)2-4)8-6(3-14)10(15)18-11(16)17-8/h1-2H,(H4,15,16,17,18). The molecule has 0 bridgehead atoms. The molecule has 0 aliphatic rings. The van der Waals surface area contributed by atoms with Gasteiger partial charge in [0.05, 0.1) is 10.5 Å². The molecule has 0 saturated carbocycles. The van der Waals surface area contributed by atoms with Crippen LogP contribution in [0.3, 0.4) is 0 Å². The van der Waals surface area contributed by atoms with Gasteiger partial charge in [-0.25, -0.2) is 4.98 Å². The van der Waals surface area contributed by atoms with Crippen molar-refractivity contribution < 1.29 is 4.92 Å². The number of benzene rings is 1. The highest BCUT2D eigenvalue weighted by molar-refractivity contribution is 6.36. The third-order valence-corrected chi connectivity index (χ3v) is 3.04. The zero-order chi connectivity index (χ0) is 15.7. The summed E-state index contributed by atoms with van der Waals surface area (Å²) in [6, 6.07) is 4.25. The lowest BCUT2D eigenvalue weighted by Gasteiger charge is -2.08. The number of nitrogen functional groups attached to an aromatic ring is 2. The molecule has 21 heavy (non-hydrogen) atoms. The molecule has 10 heteroatoms. The van der Waals surface area contributed by atoms with Gasteiger partial charge in [-0.05, 0) is 12.1 Å². The van der Waals surface area contributed by atoms with E-state index in [1.165, 1.54) is 12.1 Å². The fourth-order valence-corrected chi connectivity index (χ4v) is 2.30. The van der Waals surface area contributed by atoms with Gasteiger partial charge in [0.2, 0.25) is 5.95 Å². The number of nitriles is 1. The van der Waals surface area contributed by atoms with Gasteiger partial charge in [-0.2, -0.15) is 10.2 Å². The van der Waals surface area contributed by atoms with Gasteiger partial charge in [0.1, 0.15) is 28.2 Å². The lowest BCUT2D eigenvalue weighted by molar-refractivity contribution is -0.384. The fourth-order valence-electron chi connectivity index (χ4n) is 1.73. The molecule has 0 amide bonds. The quantitative estimate of drug-likeness (QED) is 0.636. The number of halogens is 2. The van der Waals surface area contributed by atoms with Crippen molar-refractivity contribution in [2.45, 2.75) is 0 Å². The molecule has 0 unspecified atom stereocenters. The van der Waals surface area contributed by atoms with E-state index in [0.717, 1.165) is 0 Å². The molecule has 106 valence electrons. The largest absolute Gasteiger partial charge is 0.382 e. The number of rotatable bonds is 2. The average molecular weight is 325 g/mol. The van der Waals surface area contributed by atoms with Crippen LogP contribution in [-0.2, 0) is 0 Å². The van der Waals surface area contributed by atoms with E-state index in [-0.39, 0.29) is 38.6 Å². The Morgan fingerprint density at radius 2 is 1.95 bits per heavy atom. The summed E-state index contributed by atoms with van der Waals surface area (Å²) in [5, 5.41) is 20.3. The summed E-state index contributed by atoms with van der Waals surface area (Å²) in [6.07, 6.45) is 0. The van der Waals surface area contributed by atoms with Crippen molar-refractivity contribution in [1.82, 2.24) is 9.97 Å². The van der Waals surface area contributed by atoms with Crippen molar-refractivity contribution >= 4 is 40.7 Å². The van der Waals surface area contributed by atoms with Crippen LogP contribution in [0.2, 0.25) is 10.0 Å². The summed E-state index contributed by atoms with van der Waals surface area (Å²) in [5.74, 6) is -0.419. The Morgan fingerprint density at radius 3 is 2.52 bits per heavy atom. The Balaban J connectivity index is 2.91. The molecular formula is C11H6Cl2N6O2. The second-order valence-corrected chi connectivity index (χ2v) is 4.69. The maximum absolute atomic E-state index is 11.2. The summed E-state index contributed by atoms with van der Waals surface area (Å²) >= 11 is 11.7. The summed E-state index contributed by atoms with van der Waals surface area (Å²) in [7, 11) is 0. The van der Waals surface area contributed by atoms with E-state index in [1.807, 2.05) is 0 Å². The van der Waals surface area contributed by atoms with E-state index in [4.69, 9.17) is 39.9 Å². The highest BCUT2D eigenvalue weighted by Gasteiger charge is 2.25. The fraction of sp³-hybridized carbons (Fsp3) is 0. The molecule has 0 saturated heterocycles. The summed E-state index contributed by atoms with van der Waals surface area (Å²) in [5.41, 5.74) is 10.3. The van der Waals surface area contributed by atoms with Crippen molar-refractivity contribution in [2.24, 2.45) is 0 Å². The molecule has 2 rings (SSSR count). The van der Waals surface area contributed by atoms with Gasteiger partial charge >= 0.3 is 0 Å². The number of nitro groups is 1. The van der Waals surface area contributed by atoms with Gasteiger partial charge < -0.3 is 11.5 Å². The number of hydrogen-bond acceptors (Lipinski definition) is 7. The maximum atomic E-state index is 11.2. The third-order valence-electron chi connectivity index (χ3n) is 2.53. The number of anilines is 2. The first kappa shape index (κ1) is 14.8. The molecule has 0 spiro atoms. The number of hydrogen-bond donors (Lipinski definition) is 2. The molecule has 0 atom stereocenters. The monoisotopic (exact) mass is 324 g/mol. The summed E-state index contributed by atoms with van der Waals surface area (Å²) in [4.78, 5) is 18.0. The van der Waals surface area contributed by atoms with E-state index in [9.17, 15) is 10.1 Å². The van der Waals surface area contributed by atoms with Crippen molar-refractivity contribution in [3.63, 3.8) is 0 Å². The highest BCUT2D eigenvalue weighted by atomic mass is 35.5. The summed E-state index contributed by atoms with van der Waals surface area (Å²) < 4.78 is 0. The first-order valence-electron chi connectivity index (χ1n) is 5.32. The Hall–Kier alpha value is -2.63. The molecule has 1 aromatic carbocycles. The molecule has 0 aliphatic carbocycles. The smallest absolute Gasteiger partial charge is 0.297 e. The number of nitro benzene ring substituents is 1. The zero-order valence-electron chi connectivity index (χ0n) is 10.2. The molecule has 2 aromatic rings. The number of nitrogens with two attached hydrogens (primary N) is 2. The second-order valence-electron chi connectivity index (χ2n) is 3.84. The Morgan fingerprint density at radius 1 is 1.29 bits per heavy atom. The van der Waals surface area contributed by atoms with Gasteiger partial charge in [0.25, 0.3) is 5.69 Å². The Labute approximate surface area is 128 Å². The van der Waals surface area contributed by atoms with Crippen LogP contribution in [0.15, 0.2) is 12.1 Å². The van der Waals surface area contributed by atoms with Crippen LogP contribution in [0.4, 0.5) is 17.5 Å². The number of aromatic nitrogens is 2. The van der Waals surface area contributed by atoms with Crippen LogP contribution in [0.25, 0.3) is 11.3 Å². The predicted molar refractivity (Wildman–Crippen MR) is 77.7 cm³/mol. The minimum Gasteiger partial charge on any atom is -0.382 e. The molecule has 1 heterocycles. The third kappa shape index (κ3) is 2.65. The van der Waals surface area contributed by atoms with E-state index < -0.39 is 10.6 Å². The van der Waals surface area contributed by atoms with E-state index in [1.54, 1.807) is 6.07 Å². The van der Waals surface area contributed by atoms with Gasteiger partial charge in [0.15, 0.2) is 0 Å². The highest BCUT2D eigenvalue weighted by Crippen LogP contribution is 2.39. The molecular weight excluding hydrogens is 319 g/mol. The van der Waals surface area contributed by atoms with Gasteiger partial charge in [0, 0.05) is 5.02 Å². The van der Waals surface area contributed by atoms with E-state index >= 15 is 0 Å². The van der Waals surface area contributed by atoms with Crippen LogP contribution in [0.1, 0.15) is 5.56 Å². The average Bonchev–Trinajstić information content (AvgIpc) is 2.36. The van der Waals surface area contributed by atoms with Crippen LogP contribution in [0.5, 0.6) is 0 Å². The number of nitrogens with zero attached hydrogens (tertiary/aromatic N) is 4. The van der Waals surface area contributed by atoms with E-state index in [0.29, 0.717) is 0 Å². The molecule has 0 fully saturated rings. The van der Waals surface area contributed by atoms with Crippen molar-refractivity contribution in [3.8, 4) is 17.3 Å². The molecule has 1 aromatic heterocycles. The SMILES string of the molecule is N#Cc1c(N)nc(N)nc1-c1cc(Cl)cc(Cl)c1[N+](=O)[O-]. The lowest BCUT2D eigenvalue weighted by atomic mass is 10.0. The second kappa shape index (κ2) is 5.40. The topological polar surface area (TPSA) is 145 Å². The van der Waals surface area contributed by atoms with Crippen molar-refractivity contribution in [1.29, 1.82) is 5.26 Å². The minimum absolute atomic E-state index is 0.0603. The zero-order valence-corrected chi connectivity index (χ0v) is 11.7. The molecule has 8 nitrogen and oxygen atoms in total. The molecule has 0 radical (unpaired) electrons. The van der Waals surface area contributed by atoms with Gasteiger partial charge in [-0.1, -0.05) is 23.2 Å². The maximum Gasteiger partial charge on any atom is 0.297 e. The Kier molecular flexibility index (Phi) is 3.80. The predicted octanol–water partition coefficient (Wildman–Crippen LogP) is 2.39. The molecule has 0 aliphatic heterocycles. The summed E-state index contributed by atoms with van der Waals surface area (Å²) in [6.45, 7) is 0. The normalized spacial score (nSPS) is 10.1. The van der Waals surface area contributed by atoms with Gasteiger partial charge in [-0.3, -0.25) is 10.1 Å². The first-order valence-corrected chi connectivity index (χ1v) is 6.07. The van der Waals surface area contributed by atoms with Crippen LogP contribution >= 0.6 is 23.2 Å². The minimum atomic E-state index is -0.705. The van der Waals surface area contributed by atoms with Crippen molar-refractivity contribution in [2.75, 3.05) is 11.5 Å². The first-order chi connectivity index (χ1) is 9.85. The van der Waals surface area contributed by atoms with E-state index in [2.05, 4.69) is 9.97 Å². The van der Waals surface area contributed by atoms with Crippen molar-refractivity contribution in [3.05, 3.63) is 37.9 Å². The lowest BCUT2D eigenvalue weighted by Crippen LogP contribution is -2.06. The molecule has 4 N–H and O–H groups in total. The van der Waals surface area contributed by atoms with Gasteiger partial charge in [-0.15, -0.1) is 0 Å².